The van der Waals surface area contributed by atoms with Crippen molar-refractivity contribution in [2.45, 2.75) is 44.6 Å². The van der Waals surface area contributed by atoms with Gasteiger partial charge < -0.3 is 10.6 Å². The fourth-order valence-electron chi connectivity index (χ4n) is 2.69. The second kappa shape index (κ2) is 6.58. The van der Waals surface area contributed by atoms with Gasteiger partial charge in [-0.05, 0) is 59.4 Å². The molecule has 1 rings (SSSR count). The lowest BCUT2D eigenvalue weighted by Gasteiger charge is -2.41. The van der Waals surface area contributed by atoms with Crippen molar-refractivity contribution in [2.75, 3.05) is 40.3 Å². The topological polar surface area (TPSA) is 32.5 Å². The Balaban J connectivity index is 2.59. The lowest BCUT2D eigenvalue weighted by atomic mass is 9.88. The van der Waals surface area contributed by atoms with Gasteiger partial charge in [0.15, 0.2) is 0 Å². The molecule has 3 nitrogen and oxygen atoms in total. The maximum absolute atomic E-state index is 6.07. The van der Waals surface area contributed by atoms with Crippen LogP contribution in [0.1, 0.15) is 39.0 Å². The zero-order chi connectivity index (χ0) is 12.0. The Morgan fingerprint density at radius 1 is 1.31 bits per heavy atom. The summed E-state index contributed by atoms with van der Waals surface area (Å²) in [7, 11) is 4.48. The lowest BCUT2D eigenvalue weighted by Crippen LogP contribution is -2.52. The van der Waals surface area contributed by atoms with Gasteiger partial charge in [-0.15, -0.1) is 0 Å². The highest BCUT2D eigenvalue weighted by molar-refractivity contribution is 4.92. The number of rotatable bonds is 5. The summed E-state index contributed by atoms with van der Waals surface area (Å²) in [5, 5.41) is 0. The molecule has 2 N–H and O–H groups in total. The summed E-state index contributed by atoms with van der Waals surface area (Å²) in [6.45, 7) is 6.67. The van der Waals surface area contributed by atoms with Gasteiger partial charge in [0.25, 0.3) is 0 Å². The van der Waals surface area contributed by atoms with Crippen LogP contribution < -0.4 is 5.73 Å². The molecule has 0 amide bonds. The Morgan fingerprint density at radius 2 is 2.06 bits per heavy atom. The Kier molecular flexibility index (Phi) is 5.73. The molecule has 1 aliphatic rings. The van der Waals surface area contributed by atoms with Crippen LogP contribution in [-0.2, 0) is 0 Å². The molecule has 0 saturated carbocycles. The summed E-state index contributed by atoms with van der Waals surface area (Å²) in [5.41, 5.74) is 6.33. The van der Waals surface area contributed by atoms with E-state index in [4.69, 9.17) is 5.73 Å². The molecule has 0 aromatic carbocycles. The smallest absolute Gasteiger partial charge is 0.0341 e. The third-order valence-electron chi connectivity index (χ3n) is 4.18. The van der Waals surface area contributed by atoms with Crippen molar-refractivity contribution in [3.8, 4) is 0 Å². The number of likely N-dealkylation sites (N-methyl/N-ethyl adjacent to an activating group) is 1. The van der Waals surface area contributed by atoms with Crippen LogP contribution in [-0.4, -0.2) is 55.6 Å². The molecule has 1 fully saturated rings. The van der Waals surface area contributed by atoms with E-state index < -0.39 is 0 Å². The molecule has 1 saturated heterocycles. The fraction of sp³-hybridized carbons (Fsp3) is 1.00. The number of unbranched alkanes of at least 4 members (excludes halogenated alkanes) is 1. The van der Waals surface area contributed by atoms with Crippen LogP contribution in [0.2, 0.25) is 0 Å². The number of hydrogen-bond donors (Lipinski definition) is 1. The Morgan fingerprint density at radius 3 is 2.69 bits per heavy atom. The monoisotopic (exact) mass is 227 g/mol. The standard InChI is InChI=1S/C13H29N3/c1-4-5-10-16(3)13(12-14)7-6-9-15(2)11-8-13/h4-12,14H2,1-3H3. The van der Waals surface area contributed by atoms with E-state index in [0.29, 0.717) is 0 Å². The molecule has 0 radical (unpaired) electrons. The second-order valence-corrected chi connectivity index (χ2v) is 5.36. The summed E-state index contributed by atoms with van der Waals surface area (Å²) in [6, 6.07) is 0. The fourth-order valence-corrected chi connectivity index (χ4v) is 2.69. The predicted octanol–water partition coefficient (Wildman–Crippen LogP) is 1.53. The largest absolute Gasteiger partial charge is 0.329 e. The molecular weight excluding hydrogens is 198 g/mol. The van der Waals surface area contributed by atoms with Gasteiger partial charge in [0.1, 0.15) is 0 Å². The molecule has 1 heterocycles. The van der Waals surface area contributed by atoms with Gasteiger partial charge in [0, 0.05) is 12.1 Å². The molecule has 3 heteroatoms. The molecule has 16 heavy (non-hydrogen) atoms. The molecule has 1 unspecified atom stereocenters. The SMILES string of the molecule is CCCCN(C)C1(CN)CCCN(C)CC1. The first-order valence-corrected chi connectivity index (χ1v) is 6.74. The minimum absolute atomic E-state index is 0.264. The maximum atomic E-state index is 6.07. The van der Waals surface area contributed by atoms with E-state index in [1.807, 2.05) is 0 Å². The van der Waals surface area contributed by atoms with E-state index in [2.05, 4.69) is 30.8 Å². The van der Waals surface area contributed by atoms with Crippen LogP contribution in [0.3, 0.4) is 0 Å². The average molecular weight is 227 g/mol. The minimum Gasteiger partial charge on any atom is -0.329 e. The zero-order valence-corrected chi connectivity index (χ0v) is 11.3. The summed E-state index contributed by atoms with van der Waals surface area (Å²) in [6.07, 6.45) is 6.32. The van der Waals surface area contributed by atoms with Crippen molar-refractivity contribution in [1.29, 1.82) is 0 Å². The highest BCUT2D eigenvalue weighted by Crippen LogP contribution is 2.27. The molecule has 1 aliphatic heterocycles. The summed E-state index contributed by atoms with van der Waals surface area (Å²) >= 11 is 0. The first-order valence-electron chi connectivity index (χ1n) is 6.74. The number of likely N-dealkylation sites (tertiary alicyclic amines) is 1. The molecule has 0 aliphatic carbocycles. The van der Waals surface area contributed by atoms with Crippen molar-refractivity contribution in [1.82, 2.24) is 9.80 Å². The summed E-state index contributed by atoms with van der Waals surface area (Å²) < 4.78 is 0. The van der Waals surface area contributed by atoms with Crippen LogP contribution in [0.25, 0.3) is 0 Å². The Bertz CT molecular complexity index is 196. The Labute approximate surface area is 101 Å². The van der Waals surface area contributed by atoms with Crippen LogP contribution in [0.4, 0.5) is 0 Å². The van der Waals surface area contributed by atoms with E-state index in [1.165, 1.54) is 51.7 Å². The molecule has 1 atom stereocenters. The number of nitrogens with zero attached hydrogens (tertiary/aromatic N) is 2. The second-order valence-electron chi connectivity index (χ2n) is 5.36. The first kappa shape index (κ1) is 13.9. The van der Waals surface area contributed by atoms with Gasteiger partial charge in [-0.25, -0.2) is 0 Å². The first-order chi connectivity index (χ1) is 7.64. The van der Waals surface area contributed by atoms with Crippen molar-refractivity contribution in [3.63, 3.8) is 0 Å². The van der Waals surface area contributed by atoms with E-state index in [1.54, 1.807) is 0 Å². The van der Waals surface area contributed by atoms with Crippen LogP contribution >= 0.6 is 0 Å². The van der Waals surface area contributed by atoms with Crippen molar-refractivity contribution in [2.24, 2.45) is 5.73 Å². The Hall–Kier alpha value is -0.120. The summed E-state index contributed by atoms with van der Waals surface area (Å²) in [4.78, 5) is 4.96. The highest BCUT2D eigenvalue weighted by atomic mass is 15.2. The number of hydrogen-bond acceptors (Lipinski definition) is 3. The van der Waals surface area contributed by atoms with E-state index in [0.717, 1.165) is 6.54 Å². The van der Waals surface area contributed by atoms with Crippen LogP contribution in [0.15, 0.2) is 0 Å². The molecule has 0 bridgehead atoms. The average Bonchev–Trinajstić information content (AvgIpc) is 2.49. The van der Waals surface area contributed by atoms with Gasteiger partial charge in [0.2, 0.25) is 0 Å². The molecule has 0 aromatic heterocycles. The quantitative estimate of drug-likeness (QED) is 0.773. The van der Waals surface area contributed by atoms with Crippen molar-refractivity contribution in [3.05, 3.63) is 0 Å². The van der Waals surface area contributed by atoms with Gasteiger partial charge in [-0.2, -0.15) is 0 Å². The summed E-state index contributed by atoms with van der Waals surface area (Å²) in [5.74, 6) is 0. The van der Waals surface area contributed by atoms with Crippen molar-refractivity contribution < 1.29 is 0 Å². The molecular formula is C13H29N3. The molecule has 0 spiro atoms. The highest BCUT2D eigenvalue weighted by Gasteiger charge is 2.34. The van der Waals surface area contributed by atoms with Gasteiger partial charge in [0.05, 0.1) is 0 Å². The lowest BCUT2D eigenvalue weighted by molar-refractivity contribution is 0.106. The normalized spacial score (nSPS) is 28.3. The van der Waals surface area contributed by atoms with E-state index in [-0.39, 0.29) is 5.54 Å². The van der Waals surface area contributed by atoms with Crippen LogP contribution in [0.5, 0.6) is 0 Å². The van der Waals surface area contributed by atoms with Crippen LogP contribution in [0, 0.1) is 0 Å². The van der Waals surface area contributed by atoms with Gasteiger partial charge >= 0.3 is 0 Å². The molecule has 0 aromatic rings. The number of nitrogens with two attached hydrogens (primary N) is 1. The third-order valence-corrected chi connectivity index (χ3v) is 4.18. The van der Waals surface area contributed by atoms with Gasteiger partial charge in [-0.3, -0.25) is 4.90 Å². The third kappa shape index (κ3) is 3.44. The molecule has 96 valence electrons. The van der Waals surface area contributed by atoms with Crippen molar-refractivity contribution >= 4 is 0 Å². The predicted molar refractivity (Wildman–Crippen MR) is 70.7 cm³/mol. The van der Waals surface area contributed by atoms with E-state index >= 15 is 0 Å². The maximum Gasteiger partial charge on any atom is 0.0341 e. The zero-order valence-electron chi connectivity index (χ0n) is 11.3. The van der Waals surface area contributed by atoms with E-state index in [9.17, 15) is 0 Å². The minimum atomic E-state index is 0.264. The van der Waals surface area contributed by atoms with Gasteiger partial charge in [-0.1, -0.05) is 13.3 Å².